The number of rotatable bonds is 8. The highest BCUT2D eigenvalue weighted by atomic mass is 16.4. The Balaban J connectivity index is 1.58. The molecule has 12 nitrogen and oxygen atoms in total. The van der Waals surface area contributed by atoms with Crippen molar-refractivity contribution in [3.63, 3.8) is 0 Å². The summed E-state index contributed by atoms with van der Waals surface area (Å²) < 4.78 is 6.09. The van der Waals surface area contributed by atoms with Gasteiger partial charge < -0.3 is 40.8 Å². The van der Waals surface area contributed by atoms with Crippen LogP contribution in [0.25, 0.3) is 17.1 Å². The normalized spacial score (nSPS) is 25.6. The molecule has 3 aliphatic rings. The maximum Gasteiger partial charge on any atom is 0.255 e. The lowest BCUT2D eigenvalue weighted by Gasteiger charge is -2.50. The van der Waals surface area contributed by atoms with Crippen LogP contribution >= 0.6 is 0 Å². The van der Waals surface area contributed by atoms with Crippen molar-refractivity contribution < 1.29 is 39.2 Å². The summed E-state index contributed by atoms with van der Waals surface area (Å²) in [5.41, 5.74) is 2.84. The summed E-state index contributed by atoms with van der Waals surface area (Å²) in [5.74, 6) is -5.64. The smallest absolute Gasteiger partial charge is 0.255 e. The fourth-order valence-corrected chi connectivity index (χ4v) is 6.61. The first-order valence-corrected chi connectivity index (χ1v) is 13.7. The third kappa shape index (κ3) is 4.51. The minimum absolute atomic E-state index is 0.0139. The Labute approximate surface area is 242 Å². The molecule has 42 heavy (non-hydrogen) atoms. The van der Waals surface area contributed by atoms with E-state index in [9.17, 15) is 34.8 Å². The predicted octanol–water partition coefficient (Wildman–Crippen LogP) is 0.875. The Morgan fingerprint density at radius 2 is 1.83 bits per heavy atom. The van der Waals surface area contributed by atoms with Crippen molar-refractivity contribution in [3.05, 3.63) is 58.1 Å². The van der Waals surface area contributed by atoms with Crippen molar-refractivity contribution in [2.24, 2.45) is 17.6 Å². The molecule has 4 atom stereocenters. The second-order valence-corrected chi connectivity index (χ2v) is 11.7. The number of hydrogen-bond acceptors (Lipinski definition) is 11. The van der Waals surface area contributed by atoms with Gasteiger partial charge >= 0.3 is 0 Å². The molecule has 7 N–H and O–H groups in total. The van der Waals surface area contributed by atoms with E-state index in [1.54, 1.807) is 26.2 Å². The summed E-state index contributed by atoms with van der Waals surface area (Å²) in [6, 6.07) is 5.56. The van der Waals surface area contributed by atoms with Gasteiger partial charge in [-0.1, -0.05) is 0 Å². The van der Waals surface area contributed by atoms with Crippen molar-refractivity contribution >= 4 is 23.2 Å². The molecule has 1 heterocycles. The van der Waals surface area contributed by atoms with Crippen LogP contribution in [0.5, 0.6) is 5.75 Å². The molecule has 1 amide bonds. The molecule has 0 bridgehead atoms. The monoisotopic (exact) mass is 580 g/mol. The van der Waals surface area contributed by atoms with Crippen LogP contribution in [0.15, 0.2) is 45.6 Å². The summed E-state index contributed by atoms with van der Waals surface area (Å²) in [6.07, 6.45) is 0.190. The van der Waals surface area contributed by atoms with Gasteiger partial charge in [-0.2, -0.15) is 0 Å². The number of furan rings is 1. The van der Waals surface area contributed by atoms with E-state index >= 15 is 0 Å². The highest BCUT2D eigenvalue weighted by Crippen LogP contribution is 2.53. The number of amides is 1. The van der Waals surface area contributed by atoms with Gasteiger partial charge in [0, 0.05) is 30.1 Å². The number of phenols is 1. The van der Waals surface area contributed by atoms with Gasteiger partial charge in [-0.15, -0.1) is 0 Å². The molecule has 0 unspecified atom stereocenters. The number of carbonyl (C=O) groups is 3. The summed E-state index contributed by atoms with van der Waals surface area (Å²) in [5, 5.41) is 48.2. The number of phenolic OH excluding ortho intramolecular Hbond substituents is 1. The lowest BCUT2D eigenvalue weighted by molar-refractivity contribution is -0.153. The average Bonchev–Trinajstić information content (AvgIpc) is 3.37. The zero-order valence-electron chi connectivity index (χ0n) is 24.0. The van der Waals surface area contributed by atoms with Crippen molar-refractivity contribution in [1.82, 2.24) is 15.1 Å². The molecular formula is C30H36N4O8. The Hall–Kier alpha value is -3.97. The number of likely N-dealkylation sites (N-methyl/N-ethyl adjacent to an activating group) is 2. The molecule has 0 radical (unpaired) electrons. The number of primary amides is 1. The maximum atomic E-state index is 14.0. The lowest BCUT2D eigenvalue weighted by Crippen LogP contribution is -2.65. The molecule has 1 aromatic carbocycles. The molecule has 1 aromatic heterocycles. The number of fused-ring (bicyclic) bond motifs is 3. The van der Waals surface area contributed by atoms with Crippen molar-refractivity contribution in [1.29, 1.82) is 0 Å². The number of hydrogen-bond donors (Lipinski definition) is 6. The third-order valence-electron chi connectivity index (χ3n) is 8.57. The van der Waals surface area contributed by atoms with Gasteiger partial charge in [-0.05, 0) is 76.8 Å². The summed E-state index contributed by atoms with van der Waals surface area (Å²) in [7, 11) is 7.10. The Bertz CT molecular complexity index is 1540. The Morgan fingerprint density at radius 1 is 1.12 bits per heavy atom. The van der Waals surface area contributed by atoms with Crippen LogP contribution < -0.4 is 11.1 Å². The van der Waals surface area contributed by atoms with E-state index in [1.165, 1.54) is 11.0 Å². The third-order valence-corrected chi connectivity index (χ3v) is 8.57. The van der Waals surface area contributed by atoms with Gasteiger partial charge in [0.25, 0.3) is 5.91 Å². The molecular weight excluding hydrogens is 544 g/mol. The molecule has 0 saturated heterocycles. The molecule has 1 saturated carbocycles. The summed E-state index contributed by atoms with van der Waals surface area (Å²) in [6.45, 7) is 2.14. The number of carbonyl (C=O) groups excluding carboxylic acids is 3. The summed E-state index contributed by atoms with van der Waals surface area (Å²) in [4.78, 5) is 42.9. The van der Waals surface area contributed by atoms with Crippen LogP contribution in [0.3, 0.4) is 0 Å². The molecule has 5 rings (SSSR count). The first kappa shape index (κ1) is 29.5. The van der Waals surface area contributed by atoms with Crippen LogP contribution in [-0.4, -0.2) is 101 Å². The number of ketones is 2. The van der Waals surface area contributed by atoms with E-state index < -0.39 is 58.0 Å². The lowest BCUT2D eigenvalue weighted by atomic mass is 9.57. The van der Waals surface area contributed by atoms with Gasteiger partial charge in [0.1, 0.15) is 34.4 Å². The number of aliphatic hydroxyl groups excluding tert-OH is 2. The number of nitrogens with two attached hydrogens (primary N) is 1. The summed E-state index contributed by atoms with van der Waals surface area (Å²) >= 11 is 0. The SMILES string of the molecule is CN(C)CCNCc1ccc(-c2ccc(O)c3c2C[C@H]2C[C@H]4[C@H](N(C)C)C(=O)C(C(N)=O)=C(O)[C@@]4(O)C(=O)C2=C3O)o1. The zero-order valence-corrected chi connectivity index (χ0v) is 24.0. The van der Waals surface area contributed by atoms with E-state index in [1.807, 2.05) is 20.2 Å². The molecule has 0 aliphatic heterocycles. The number of nitrogens with zero attached hydrogens (tertiary/aromatic N) is 2. The van der Waals surface area contributed by atoms with Crippen molar-refractivity contribution in [3.8, 4) is 17.1 Å². The zero-order chi connectivity index (χ0) is 30.7. The fourth-order valence-electron chi connectivity index (χ4n) is 6.61. The number of nitrogens with one attached hydrogen (secondary N) is 1. The molecule has 0 spiro atoms. The Morgan fingerprint density at radius 3 is 2.48 bits per heavy atom. The number of aliphatic hydroxyl groups is 3. The first-order chi connectivity index (χ1) is 19.8. The van der Waals surface area contributed by atoms with Gasteiger partial charge in [-0.25, -0.2) is 0 Å². The predicted molar refractivity (Wildman–Crippen MR) is 152 cm³/mol. The minimum Gasteiger partial charge on any atom is -0.508 e. The highest BCUT2D eigenvalue weighted by molar-refractivity contribution is 6.24. The Kier molecular flexibility index (Phi) is 7.52. The van der Waals surface area contributed by atoms with Crippen molar-refractivity contribution in [2.75, 3.05) is 41.3 Å². The van der Waals surface area contributed by atoms with Crippen LogP contribution in [0.4, 0.5) is 0 Å². The van der Waals surface area contributed by atoms with E-state index in [0.717, 1.165) is 13.1 Å². The van der Waals surface area contributed by atoms with Gasteiger partial charge in [0.2, 0.25) is 5.78 Å². The van der Waals surface area contributed by atoms with Crippen LogP contribution in [0.1, 0.15) is 23.3 Å². The second-order valence-electron chi connectivity index (χ2n) is 11.7. The largest absolute Gasteiger partial charge is 0.508 e. The molecule has 1 fully saturated rings. The van der Waals surface area contributed by atoms with E-state index in [4.69, 9.17) is 10.2 Å². The van der Waals surface area contributed by atoms with Crippen LogP contribution in [-0.2, 0) is 27.3 Å². The fraction of sp³-hybridized carbons (Fsp3) is 0.433. The van der Waals surface area contributed by atoms with E-state index in [0.29, 0.717) is 29.2 Å². The van der Waals surface area contributed by atoms with Gasteiger partial charge in [0.15, 0.2) is 11.4 Å². The highest BCUT2D eigenvalue weighted by Gasteiger charge is 2.64. The van der Waals surface area contributed by atoms with Crippen LogP contribution in [0.2, 0.25) is 0 Å². The average molecular weight is 581 g/mol. The quantitative estimate of drug-likeness (QED) is 0.192. The minimum atomic E-state index is -2.67. The van der Waals surface area contributed by atoms with E-state index in [2.05, 4.69) is 10.2 Å². The molecule has 12 heteroatoms. The van der Waals surface area contributed by atoms with E-state index in [-0.39, 0.29) is 29.7 Å². The first-order valence-electron chi connectivity index (χ1n) is 13.7. The molecule has 3 aliphatic carbocycles. The second kappa shape index (κ2) is 10.7. The molecule has 2 aromatic rings. The van der Waals surface area contributed by atoms with Crippen LogP contribution in [0, 0.1) is 11.8 Å². The number of aromatic hydroxyl groups is 1. The maximum absolute atomic E-state index is 14.0. The van der Waals surface area contributed by atoms with Gasteiger partial charge in [0.05, 0.1) is 18.2 Å². The standard InChI is InChI=1S/C30H36N4O8/c1-33(2)10-9-32-13-15-5-8-20(42-15)16-6-7-19(35)22-17(16)11-14-12-18-24(34(3)4)26(37)23(29(31)40)28(39)30(18,41)27(38)21(14)25(22)36/h5-8,14,18,24,32,35-36,39,41H,9-13H2,1-4H3,(H2,31,40)/t14-,18-,24-,30-/m0/s1. The topological polar surface area (TPSA) is 190 Å². The number of benzene rings is 1. The van der Waals surface area contributed by atoms with Gasteiger partial charge in [-0.3, -0.25) is 19.3 Å². The number of Topliss-reactive ketones (excluding diaryl/α,β-unsaturated/α-hetero) is 2. The molecule has 224 valence electrons. The van der Waals surface area contributed by atoms with Crippen molar-refractivity contribution in [2.45, 2.75) is 31.0 Å².